The SMILES string of the molecule is CCCCCCCC[Si](Br)(I)CCCCCC. The molecular weight excluding hydrogens is 403 g/mol. The van der Waals surface area contributed by atoms with E-state index in [1.807, 2.05) is 0 Å². The van der Waals surface area contributed by atoms with Crippen LogP contribution in [0.1, 0.15) is 78.1 Å². The van der Waals surface area contributed by atoms with Crippen molar-refractivity contribution in [1.82, 2.24) is 0 Å². The molecular formula is C14H30BrISi. The molecule has 1 atom stereocenters. The van der Waals surface area contributed by atoms with Gasteiger partial charge < -0.3 is 0 Å². The summed E-state index contributed by atoms with van der Waals surface area (Å²) >= 11 is 6.79. The van der Waals surface area contributed by atoms with E-state index < -0.39 is 4.19 Å². The lowest BCUT2D eigenvalue weighted by molar-refractivity contribution is 0.623. The van der Waals surface area contributed by atoms with Gasteiger partial charge in [-0.2, -0.15) is 0 Å². The molecule has 0 spiro atoms. The standard InChI is InChI=1S/C14H30BrISi/c1-3-5-7-9-10-12-14-17(15,16)13-11-8-6-4-2/h3-14H2,1-2H3. The Labute approximate surface area is 131 Å². The van der Waals surface area contributed by atoms with Crippen molar-refractivity contribution < 1.29 is 0 Å². The molecule has 0 saturated heterocycles. The van der Waals surface area contributed by atoms with Crippen molar-refractivity contribution >= 4 is 41.3 Å². The van der Waals surface area contributed by atoms with E-state index in [1.54, 1.807) is 0 Å². The van der Waals surface area contributed by atoms with Crippen LogP contribution in [0.2, 0.25) is 12.1 Å². The Kier molecular flexibility index (Phi) is 13.5. The summed E-state index contributed by atoms with van der Waals surface area (Å²) < 4.78 is -1.04. The van der Waals surface area contributed by atoms with E-state index in [1.165, 1.54) is 76.3 Å². The second-order valence-corrected chi connectivity index (χ2v) is 23.1. The second kappa shape index (κ2) is 12.5. The highest BCUT2D eigenvalue weighted by molar-refractivity contribution is 14.1. The average Bonchev–Trinajstić information content (AvgIpc) is 2.29. The van der Waals surface area contributed by atoms with Crippen LogP contribution < -0.4 is 0 Å². The van der Waals surface area contributed by atoms with Gasteiger partial charge in [0.2, 0.25) is 0 Å². The van der Waals surface area contributed by atoms with Crippen molar-refractivity contribution in [2.24, 2.45) is 0 Å². The molecule has 0 aromatic rings. The molecule has 1 unspecified atom stereocenters. The van der Waals surface area contributed by atoms with E-state index in [0.29, 0.717) is 0 Å². The monoisotopic (exact) mass is 432 g/mol. The second-order valence-electron chi connectivity index (χ2n) is 5.18. The van der Waals surface area contributed by atoms with Crippen LogP contribution in [0, 0.1) is 0 Å². The summed E-state index contributed by atoms with van der Waals surface area (Å²) in [6.07, 6.45) is 14.3. The number of hydrogen-bond acceptors (Lipinski definition) is 0. The lowest BCUT2D eigenvalue weighted by Crippen LogP contribution is -2.16. The minimum atomic E-state index is -1.04. The Morgan fingerprint density at radius 2 is 1.06 bits per heavy atom. The van der Waals surface area contributed by atoms with Crippen LogP contribution in [0.15, 0.2) is 0 Å². The van der Waals surface area contributed by atoms with Crippen LogP contribution in [0.5, 0.6) is 0 Å². The van der Waals surface area contributed by atoms with Gasteiger partial charge in [0, 0.05) is 0 Å². The van der Waals surface area contributed by atoms with Crippen molar-refractivity contribution in [3.8, 4) is 0 Å². The smallest absolute Gasteiger partial charge is 0.112 e. The molecule has 3 heteroatoms. The minimum Gasteiger partial charge on any atom is -0.112 e. The lowest BCUT2D eigenvalue weighted by atomic mass is 10.1. The van der Waals surface area contributed by atoms with Gasteiger partial charge in [0.1, 0.15) is 0 Å². The van der Waals surface area contributed by atoms with Crippen LogP contribution in [-0.4, -0.2) is 4.19 Å². The summed E-state index contributed by atoms with van der Waals surface area (Å²) in [5.41, 5.74) is 0. The number of rotatable bonds is 12. The first-order chi connectivity index (χ1) is 8.12. The Hall–Kier alpha value is 1.43. The number of unbranched alkanes of at least 4 members (excludes halogenated alkanes) is 8. The predicted molar refractivity (Wildman–Crippen MR) is 95.8 cm³/mol. The summed E-state index contributed by atoms with van der Waals surface area (Å²) in [6, 6.07) is 2.95. The van der Waals surface area contributed by atoms with E-state index in [0.717, 1.165) is 0 Å². The molecule has 0 aromatic heterocycles. The fourth-order valence-corrected chi connectivity index (χ4v) is 7.85. The van der Waals surface area contributed by atoms with Crippen molar-refractivity contribution in [1.29, 1.82) is 0 Å². The highest BCUT2D eigenvalue weighted by atomic mass is 127. The van der Waals surface area contributed by atoms with Gasteiger partial charge >= 0.3 is 0 Å². The van der Waals surface area contributed by atoms with Crippen molar-refractivity contribution in [2.75, 3.05) is 0 Å². The fraction of sp³-hybridized carbons (Fsp3) is 1.00. The Bertz CT molecular complexity index is 162. The first-order valence-electron chi connectivity index (χ1n) is 7.50. The zero-order chi connectivity index (χ0) is 13.0. The van der Waals surface area contributed by atoms with Crippen molar-refractivity contribution in [3.05, 3.63) is 0 Å². The number of hydrogen-bond donors (Lipinski definition) is 0. The lowest BCUT2D eigenvalue weighted by Gasteiger charge is -2.17. The third-order valence-corrected chi connectivity index (χ3v) is 11.1. The van der Waals surface area contributed by atoms with E-state index in [2.05, 4.69) is 50.9 Å². The Morgan fingerprint density at radius 1 is 0.706 bits per heavy atom. The third-order valence-electron chi connectivity index (χ3n) is 3.29. The molecule has 0 N–H and O–H groups in total. The molecule has 0 aromatic carbocycles. The van der Waals surface area contributed by atoms with Crippen LogP contribution >= 0.6 is 37.1 Å². The predicted octanol–water partition coefficient (Wildman–Crippen LogP) is 7.20. The third kappa shape index (κ3) is 13.7. The van der Waals surface area contributed by atoms with E-state index in [9.17, 15) is 0 Å². The molecule has 0 bridgehead atoms. The summed E-state index contributed by atoms with van der Waals surface area (Å²) in [5.74, 6) is 0. The van der Waals surface area contributed by atoms with Gasteiger partial charge in [-0.1, -0.05) is 78.1 Å². The normalized spacial score (nSPS) is 14.8. The summed E-state index contributed by atoms with van der Waals surface area (Å²) in [6.45, 7) is 4.58. The average molecular weight is 433 g/mol. The zero-order valence-corrected chi connectivity index (χ0v) is 16.5. The largest absolute Gasteiger partial charge is 0.196 e. The first kappa shape index (κ1) is 18.4. The maximum atomic E-state index is 4.04. The topological polar surface area (TPSA) is 0 Å². The van der Waals surface area contributed by atoms with E-state index >= 15 is 0 Å². The van der Waals surface area contributed by atoms with Gasteiger partial charge in [-0.05, 0) is 12.1 Å². The molecule has 0 heterocycles. The molecule has 17 heavy (non-hydrogen) atoms. The molecule has 104 valence electrons. The molecule has 0 amide bonds. The molecule has 0 rings (SSSR count). The molecule has 0 fully saturated rings. The minimum absolute atomic E-state index is 1.04. The van der Waals surface area contributed by atoms with E-state index in [-0.39, 0.29) is 0 Å². The van der Waals surface area contributed by atoms with Crippen LogP contribution in [0.4, 0.5) is 0 Å². The highest BCUT2D eigenvalue weighted by Gasteiger charge is 2.24. The summed E-state index contributed by atoms with van der Waals surface area (Å²) in [4.78, 5) is 0. The van der Waals surface area contributed by atoms with Crippen molar-refractivity contribution in [3.63, 3.8) is 0 Å². The number of halogens is 2. The molecule has 0 aliphatic heterocycles. The molecule has 0 aliphatic rings. The summed E-state index contributed by atoms with van der Waals surface area (Å²) in [5, 5.41) is 0. The van der Waals surface area contributed by atoms with E-state index in [4.69, 9.17) is 0 Å². The van der Waals surface area contributed by atoms with Gasteiger partial charge in [-0.25, -0.2) is 0 Å². The quantitative estimate of drug-likeness (QED) is 0.132. The first-order valence-corrected chi connectivity index (χ1v) is 15.3. The van der Waals surface area contributed by atoms with Gasteiger partial charge in [0.05, 0.1) is 0 Å². The Balaban J connectivity index is 3.37. The van der Waals surface area contributed by atoms with Crippen LogP contribution in [-0.2, 0) is 0 Å². The van der Waals surface area contributed by atoms with Gasteiger partial charge in [0.25, 0.3) is 0 Å². The van der Waals surface area contributed by atoms with Gasteiger partial charge in [0.15, 0.2) is 4.19 Å². The molecule has 0 nitrogen and oxygen atoms in total. The highest BCUT2D eigenvalue weighted by Crippen LogP contribution is 2.34. The maximum absolute atomic E-state index is 4.04. The fourth-order valence-electron chi connectivity index (χ4n) is 2.10. The molecule has 0 radical (unpaired) electrons. The van der Waals surface area contributed by atoms with Crippen LogP contribution in [0.3, 0.4) is 0 Å². The molecule has 0 aliphatic carbocycles. The molecule has 0 saturated carbocycles. The Morgan fingerprint density at radius 3 is 1.53 bits per heavy atom. The summed E-state index contributed by atoms with van der Waals surface area (Å²) in [7, 11) is 0. The van der Waals surface area contributed by atoms with Gasteiger partial charge in [-0.15, -0.1) is 37.1 Å². The van der Waals surface area contributed by atoms with Crippen molar-refractivity contribution in [2.45, 2.75) is 90.1 Å². The van der Waals surface area contributed by atoms with Gasteiger partial charge in [-0.3, -0.25) is 0 Å². The zero-order valence-electron chi connectivity index (χ0n) is 11.7. The van der Waals surface area contributed by atoms with Crippen LogP contribution in [0.25, 0.3) is 0 Å². The maximum Gasteiger partial charge on any atom is 0.196 e.